The molecule has 8 heteroatoms. The van der Waals surface area contributed by atoms with Gasteiger partial charge in [-0.25, -0.2) is 0 Å². The van der Waals surface area contributed by atoms with Crippen molar-refractivity contribution in [1.29, 1.82) is 0 Å². The van der Waals surface area contributed by atoms with E-state index in [1.165, 1.54) is 0 Å². The second kappa shape index (κ2) is 9.96. The van der Waals surface area contributed by atoms with E-state index in [1.54, 1.807) is 25.1 Å². The molecule has 1 saturated heterocycles. The fraction of sp³-hybridized carbons (Fsp3) is 0.423. The Morgan fingerprint density at radius 1 is 1.12 bits per heavy atom. The minimum Gasteiger partial charge on any atom is -0.481 e. The molecule has 1 heterocycles. The molecule has 1 aliphatic heterocycles. The number of ether oxygens (including phenoxy) is 1. The van der Waals surface area contributed by atoms with E-state index >= 15 is 0 Å². The quantitative estimate of drug-likeness (QED) is 0.496. The van der Waals surface area contributed by atoms with Crippen molar-refractivity contribution >= 4 is 41.0 Å². The predicted molar refractivity (Wildman–Crippen MR) is 129 cm³/mol. The van der Waals surface area contributed by atoms with Crippen LogP contribution in [0.1, 0.15) is 49.7 Å². The Kier molecular flexibility index (Phi) is 7.20. The van der Waals surface area contributed by atoms with E-state index in [2.05, 4.69) is 5.32 Å². The third-order valence-electron chi connectivity index (χ3n) is 6.95. The Morgan fingerprint density at radius 2 is 1.82 bits per heavy atom. The van der Waals surface area contributed by atoms with E-state index in [9.17, 15) is 19.5 Å². The van der Waals surface area contributed by atoms with Gasteiger partial charge in [0.05, 0.1) is 19.1 Å². The second-order valence-electron chi connectivity index (χ2n) is 9.05. The molecule has 0 spiro atoms. The first-order valence-electron chi connectivity index (χ1n) is 11.5. The number of carboxylic acid groups (broad SMARTS) is 1. The minimum absolute atomic E-state index is 0.0317. The summed E-state index contributed by atoms with van der Waals surface area (Å²) in [6, 6.07) is 13.8. The number of halogens is 2. The molecule has 0 unspecified atom stereocenters. The summed E-state index contributed by atoms with van der Waals surface area (Å²) in [4.78, 5) is 38.4. The van der Waals surface area contributed by atoms with Crippen LogP contribution in [0, 0.1) is 11.8 Å². The number of aliphatic carboxylic acids is 1. The van der Waals surface area contributed by atoms with Gasteiger partial charge in [-0.1, -0.05) is 47.5 Å². The van der Waals surface area contributed by atoms with Crippen LogP contribution in [0.3, 0.4) is 0 Å². The highest BCUT2D eigenvalue weighted by Crippen LogP contribution is 2.55. The number of hydrogen-bond acceptors (Lipinski definition) is 4. The molecule has 1 amide bonds. The number of piperidine rings is 1. The number of benzene rings is 2. The number of rotatable bonds is 8. The van der Waals surface area contributed by atoms with Crippen LogP contribution in [0.2, 0.25) is 10.0 Å². The Bertz CT molecular complexity index is 1080. The molecule has 2 N–H and O–H groups in total. The van der Waals surface area contributed by atoms with Crippen molar-refractivity contribution in [2.75, 3.05) is 6.61 Å². The van der Waals surface area contributed by atoms with Gasteiger partial charge in [0.1, 0.15) is 5.41 Å². The maximum absolute atomic E-state index is 13.8. The van der Waals surface area contributed by atoms with Gasteiger partial charge >= 0.3 is 11.9 Å². The number of carbonyl (C=O) groups excluding carboxylic acids is 2. The van der Waals surface area contributed by atoms with Gasteiger partial charge < -0.3 is 15.2 Å². The van der Waals surface area contributed by atoms with E-state index in [1.807, 2.05) is 30.3 Å². The van der Waals surface area contributed by atoms with Crippen molar-refractivity contribution in [3.63, 3.8) is 0 Å². The molecule has 4 atom stereocenters. The van der Waals surface area contributed by atoms with Crippen LogP contribution in [0.25, 0.3) is 0 Å². The topological polar surface area (TPSA) is 92.7 Å². The van der Waals surface area contributed by atoms with Gasteiger partial charge in [0.15, 0.2) is 0 Å². The van der Waals surface area contributed by atoms with Gasteiger partial charge in [-0.05, 0) is 67.5 Å². The van der Waals surface area contributed by atoms with Crippen molar-refractivity contribution in [2.45, 2.75) is 50.0 Å². The largest absolute Gasteiger partial charge is 0.481 e. The summed E-state index contributed by atoms with van der Waals surface area (Å²) >= 11 is 12.5. The first-order chi connectivity index (χ1) is 16.3. The van der Waals surface area contributed by atoms with Crippen LogP contribution in [0.4, 0.5) is 0 Å². The summed E-state index contributed by atoms with van der Waals surface area (Å²) < 4.78 is 5.64. The third-order valence-corrected chi connectivity index (χ3v) is 7.44. The Morgan fingerprint density at radius 3 is 2.41 bits per heavy atom. The summed E-state index contributed by atoms with van der Waals surface area (Å²) in [5.41, 5.74) is 0.431. The summed E-state index contributed by atoms with van der Waals surface area (Å²) in [6.45, 7) is 1.96. The van der Waals surface area contributed by atoms with Crippen LogP contribution in [0.15, 0.2) is 48.5 Å². The van der Waals surface area contributed by atoms with E-state index in [0.717, 1.165) is 24.0 Å². The number of amides is 1. The number of carbonyl (C=O) groups is 3. The minimum atomic E-state index is -1.14. The zero-order valence-electron chi connectivity index (χ0n) is 18.8. The molecular weight excluding hydrogens is 477 g/mol. The van der Waals surface area contributed by atoms with E-state index in [-0.39, 0.29) is 37.2 Å². The summed E-state index contributed by atoms with van der Waals surface area (Å²) in [5, 5.41) is 13.5. The van der Waals surface area contributed by atoms with Crippen molar-refractivity contribution in [3.8, 4) is 0 Å². The molecule has 1 aliphatic carbocycles. The molecule has 4 rings (SSSR count). The second-order valence-corrected chi connectivity index (χ2v) is 9.92. The Labute approximate surface area is 208 Å². The van der Waals surface area contributed by atoms with Gasteiger partial charge in [0.25, 0.3) is 0 Å². The maximum atomic E-state index is 13.8. The molecule has 1 saturated carbocycles. The highest BCUT2D eigenvalue weighted by molar-refractivity contribution is 6.30. The standard InChI is InChI=1S/C26H27Cl2NO5/c1-2-34-25(33)26(17-6-7-17,18-8-10-19(27)11-9-18)23-21(15-4-3-5-20(28)12-15)13-16(14-22(30)31)24(32)29-23/h3-5,8-12,16-17,21,23H,2,6-7,13-14H2,1H3,(H,29,32)(H,30,31)/t16-,21-,23+,26-/m1/s1. The number of hydrogen-bond donors (Lipinski definition) is 2. The van der Waals surface area contributed by atoms with Gasteiger partial charge in [0.2, 0.25) is 5.91 Å². The number of carboxylic acids is 1. The fourth-order valence-electron chi connectivity index (χ4n) is 5.40. The lowest BCUT2D eigenvalue weighted by molar-refractivity contribution is -0.155. The molecule has 180 valence electrons. The number of esters is 1. The third kappa shape index (κ3) is 4.66. The van der Waals surface area contributed by atoms with Gasteiger partial charge in [-0.15, -0.1) is 0 Å². The van der Waals surface area contributed by atoms with Crippen molar-refractivity contribution in [2.24, 2.45) is 11.8 Å². The molecule has 2 aliphatic rings. The van der Waals surface area contributed by atoms with Crippen molar-refractivity contribution < 1.29 is 24.2 Å². The van der Waals surface area contributed by atoms with Gasteiger partial charge in [-0.2, -0.15) is 0 Å². The van der Waals surface area contributed by atoms with Crippen molar-refractivity contribution in [1.82, 2.24) is 5.32 Å². The lowest BCUT2D eigenvalue weighted by atomic mass is 9.62. The smallest absolute Gasteiger partial charge is 0.318 e. The molecular formula is C26H27Cl2NO5. The van der Waals surface area contributed by atoms with Crippen molar-refractivity contribution in [3.05, 3.63) is 69.7 Å². The molecule has 0 radical (unpaired) electrons. The molecule has 34 heavy (non-hydrogen) atoms. The fourth-order valence-corrected chi connectivity index (χ4v) is 5.73. The predicted octanol–water partition coefficient (Wildman–Crippen LogP) is 4.97. The van der Waals surface area contributed by atoms with E-state index in [4.69, 9.17) is 27.9 Å². The zero-order valence-corrected chi connectivity index (χ0v) is 20.3. The van der Waals surface area contributed by atoms with Gasteiger partial charge in [0, 0.05) is 21.9 Å². The summed E-state index contributed by atoms with van der Waals surface area (Å²) in [7, 11) is 0. The van der Waals surface area contributed by atoms with Crippen LogP contribution < -0.4 is 5.32 Å². The highest BCUT2D eigenvalue weighted by Gasteiger charge is 2.61. The first kappa shape index (κ1) is 24.6. The van der Waals surface area contributed by atoms with Crippen LogP contribution in [0.5, 0.6) is 0 Å². The molecule has 0 bridgehead atoms. The summed E-state index contributed by atoms with van der Waals surface area (Å²) in [5.74, 6) is -2.90. The molecule has 6 nitrogen and oxygen atoms in total. The van der Waals surface area contributed by atoms with E-state index < -0.39 is 29.3 Å². The molecule has 2 aromatic carbocycles. The van der Waals surface area contributed by atoms with Crippen LogP contribution in [-0.2, 0) is 24.5 Å². The maximum Gasteiger partial charge on any atom is 0.318 e. The lowest BCUT2D eigenvalue weighted by Crippen LogP contribution is -2.63. The average molecular weight is 504 g/mol. The molecule has 2 aromatic rings. The number of nitrogens with one attached hydrogen (secondary N) is 1. The first-order valence-corrected chi connectivity index (χ1v) is 12.2. The Balaban J connectivity index is 1.89. The SMILES string of the molecule is CCOC(=O)[C@@](c1ccc(Cl)cc1)(C1CC1)[C@H]1NC(=O)[C@@H](CC(=O)O)C[C@@H]1c1cccc(Cl)c1. The van der Waals surface area contributed by atoms with Gasteiger partial charge in [-0.3, -0.25) is 14.4 Å². The van der Waals surface area contributed by atoms with E-state index in [0.29, 0.717) is 10.0 Å². The average Bonchev–Trinajstić information content (AvgIpc) is 3.63. The molecule has 2 fully saturated rings. The zero-order chi connectivity index (χ0) is 24.5. The molecule has 0 aromatic heterocycles. The summed E-state index contributed by atoms with van der Waals surface area (Å²) in [6.07, 6.45) is 1.63. The monoisotopic (exact) mass is 503 g/mol. The highest BCUT2D eigenvalue weighted by atomic mass is 35.5. The normalized spacial score (nSPS) is 24.1. The van der Waals surface area contributed by atoms with Crippen LogP contribution in [-0.4, -0.2) is 35.6 Å². The lowest BCUT2D eigenvalue weighted by Gasteiger charge is -2.47. The Hall–Kier alpha value is -2.57. The van der Waals surface area contributed by atoms with Crippen LogP contribution >= 0.6 is 23.2 Å².